The van der Waals surface area contributed by atoms with E-state index in [1.165, 1.54) is 28.8 Å². The van der Waals surface area contributed by atoms with Crippen molar-refractivity contribution in [3.63, 3.8) is 0 Å². The summed E-state index contributed by atoms with van der Waals surface area (Å²) in [5, 5.41) is 9.50. The minimum Gasteiger partial charge on any atom is -0.487 e. The van der Waals surface area contributed by atoms with E-state index in [1.54, 1.807) is 31.3 Å². The molecule has 0 aromatic heterocycles. The Morgan fingerprint density at radius 3 is 2.47 bits per heavy atom. The van der Waals surface area contributed by atoms with Gasteiger partial charge in [-0.2, -0.15) is 0 Å². The van der Waals surface area contributed by atoms with Crippen molar-refractivity contribution in [2.45, 2.75) is 0 Å². The van der Waals surface area contributed by atoms with E-state index in [2.05, 4.69) is 43.4 Å². The quantitative estimate of drug-likeness (QED) is 0.367. The van der Waals surface area contributed by atoms with Crippen LogP contribution in [-0.4, -0.2) is 40.7 Å². The molecule has 1 fully saturated rings. The van der Waals surface area contributed by atoms with Gasteiger partial charge in [-0.05, 0) is 91.7 Å². The maximum absolute atomic E-state index is 12.7. The number of carboxylic acid groups (broad SMARTS) is 1. The highest BCUT2D eigenvalue weighted by Crippen LogP contribution is 2.38. The van der Waals surface area contributed by atoms with Crippen molar-refractivity contribution < 1.29 is 19.4 Å². The van der Waals surface area contributed by atoms with Gasteiger partial charge in [0.2, 0.25) is 0 Å². The third kappa shape index (κ3) is 5.03. The minimum absolute atomic E-state index is 0.167. The molecule has 1 N–H and O–H groups in total. The molecule has 0 saturated carbocycles. The van der Waals surface area contributed by atoms with Gasteiger partial charge in [-0.1, -0.05) is 12.7 Å². The van der Waals surface area contributed by atoms with Crippen molar-refractivity contribution in [1.82, 2.24) is 4.90 Å². The van der Waals surface area contributed by atoms with Gasteiger partial charge in [-0.15, -0.1) is 0 Å². The summed E-state index contributed by atoms with van der Waals surface area (Å²) in [7, 11) is 1.65. The van der Waals surface area contributed by atoms with Crippen LogP contribution in [-0.2, 0) is 4.79 Å². The third-order valence-corrected chi connectivity index (χ3v) is 6.24. The molecule has 1 saturated heterocycles. The molecule has 0 spiro atoms. The second-order valence-electron chi connectivity index (χ2n) is 6.13. The molecule has 0 aliphatic carbocycles. The van der Waals surface area contributed by atoms with E-state index in [0.717, 1.165) is 14.5 Å². The van der Waals surface area contributed by atoms with Gasteiger partial charge in [0.15, 0.2) is 5.17 Å². The normalized spacial score (nSPS) is 16.4. The fourth-order valence-electron chi connectivity index (χ4n) is 2.53. The molecule has 1 heterocycles. The fraction of sp³-hybridized carbons (Fsp3) is 0.0952. The number of carbonyl (C=O) groups is 2. The summed E-state index contributed by atoms with van der Waals surface area (Å²) >= 11 is 8.23. The average molecular weight is 552 g/mol. The lowest BCUT2D eigenvalue weighted by molar-refractivity contribution is -0.121. The van der Waals surface area contributed by atoms with E-state index >= 15 is 0 Å². The predicted octanol–water partition coefficient (Wildman–Crippen LogP) is 5.71. The molecule has 9 heteroatoms. The van der Waals surface area contributed by atoms with Crippen molar-refractivity contribution in [3.05, 3.63) is 74.0 Å². The number of ether oxygens (including phenoxy) is 1. The number of amidine groups is 1. The van der Waals surface area contributed by atoms with Crippen LogP contribution in [0.3, 0.4) is 0 Å². The summed E-state index contributed by atoms with van der Waals surface area (Å²) in [5.41, 5.74) is 1.56. The molecular formula is C21H16Br2N2O4S. The van der Waals surface area contributed by atoms with Gasteiger partial charge in [0.1, 0.15) is 12.4 Å². The molecule has 2 aromatic carbocycles. The number of hydrogen-bond donors (Lipinski definition) is 1. The number of benzene rings is 2. The second kappa shape index (κ2) is 9.63. The van der Waals surface area contributed by atoms with Gasteiger partial charge < -0.3 is 9.84 Å². The number of aromatic carboxylic acids is 1. The molecule has 6 nitrogen and oxygen atoms in total. The zero-order chi connectivity index (χ0) is 21.8. The molecule has 30 heavy (non-hydrogen) atoms. The number of carboxylic acids is 1. The molecule has 1 aliphatic heterocycles. The Bertz CT molecular complexity index is 1060. The van der Waals surface area contributed by atoms with E-state index < -0.39 is 5.97 Å². The maximum atomic E-state index is 12.7. The molecule has 0 radical (unpaired) electrons. The van der Waals surface area contributed by atoms with E-state index in [1.807, 2.05) is 12.1 Å². The zero-order valence-electron chi connectivity index (χ0n) is 15.8. The zero-order valence-corrected chi connectivity index (χ0v) is 19.8. The second-order valence-corrected chi connectivity index (χ2v) is 8.85. The standard InChI is InChI=1S/C21H16Br2N2O4S/c1-3-8-29-18-15(22)9-12(10-16(18)23)11-17-19(26)25(2)21(30-17)24-14-6-4-13(5-7-14)20(27)28/h3-7,9-11H,1,8H2,2H3,(H,27,28)/b17-11-,24-21?. The number of likely N-dealkylation sites (N-methyl/N-ethyl adjacent to an activating group) is 1. The van der Waals surface area contributed by atoms with E-state index in [0.29, 0.717) is 28.1 Å². The lowest BCUT2D eigenvalue weighted by atomic mass is 10.2. The molecule has 2 aromatic rings. The highest BCUT2D eigenvalue weighted by molar-refractivity contribution is 9.11. The first-order chi connectivity index (χ1) is 14.3. The summed E-state index contributed by atoms with van der Waals surface area (Å²) in [6.07, 6.45) is 3.45. The first-order valence-electron chi connectivity index (χ1n) is 8.62. The van der Waals surface area contributed by atoms with Gasteiger partial charge in [0.05, 0.1) is 25.1 Å². The molecular weight excluding hydrogens is 536 g/mol. The number of hydrogen-bond acceptors (Lipinski definition) is 5. The van der Waals surface area contributed by atoms with Crippen LogP contribution in [0.4, 0.5) is 5.69 Å². The smallest absolute Gasteiger partial charge is 0.335 e. The number of thioether (sulfide) groups is 1. The first-order valence-corrected chi connectivity index (χ1v) is 11.0. The Morgan fingerprint density at radius 1 is 1.27 bits per heavy atom. The Hall–Kier alpha value is -2.36. The summed E-state index contributed by atoms with van der Waals surface area (Å²) in [6.45, 7) is 4.02. The molecule has 0 bridgehead atoms. The molecule has 1 amide bonds. The summed E-state index contributed by atoms with van der Waals surface area (Å²) in [5.74, 6) is -0.507. The number of halogens is 2. The minimum atomic E-state index is -1.000. The van der Waals surface area contributed by atoms with Gasteiger partial charge in [-0.25, -0.2) is 9.79 Å². The molecule has 1 aliphatic rings. The number of rotatable bonds is 6. The van der Waals surface area contributed by atoms with Gasteiger partial charge in [0.25, 0.3) is 5.91 Å². The van der Waals surface area contributed by atoms with Crippen LogP contribution in [0.5, 0.6) is 5.75 Å². The Kier molecular flexibility index (Phi) is 7.17. The lowest BCUT2D eigenvalue weighted by Gasteiger charge is -2.09. The van der Waals surface area contributed by atoms with Gasteiger partial charge in [0, 0.05) is 7.05 Å². The number of nitrogens with zero attached hydrogens (tertiary/aromatic N) is 2. The van der Waals surface area contributed by atoms with Crippen molar-refractivity contribution in [3.8, 4) is 5.75 Å². The fourth-order valence-corrected chi connectivity index (χ4v) is 4.97. The highest BCUT2D eigenvalue weighted by atomic mass is 79.9. The van der Waals surface area contributed by atoms with Crippen LogP contribution < -0.4 is 4.74 Å². The molecule has 0 atom stereocenters. The van der Waals surface area contributed by atoms with Crippen LogP contribution in [0.1, 0.15) is 15.9 Å². The van der Waals surface area contributed by atoms with E-state index in [9.17, 15) is 9.59 Å². The largest absolute Gasteiger partial charge is 0.487 e. The van der Waals surface area contributed by atoms with E-state index in [-0.39, 0.29) is 11.5 Å². The van der Waals surface area contributed by atoms with Gasteiger partial charge >= 0.3 is 5.97 Å². The monoisotopic (exact) mass is 550 g/mol. The van der Waals surface area contributed by atoms with Crippen molar-refractivity contribution in [1.29, 1.82) is 0 Å². The van der Waals surface area contributed by atoms with Crippen LogP contribution >= 0.6 is 43.6 Å². The van der Waals surface area contributed by atoms with Crippen LogP contribution in [0.15, 0.2) is 67.9 Å². The molecule has 154 valence electrons. The number of aliphatic imine (C=N–C) groups is 1. The topological polar surface area (TPSA) is 79.2 Å². The maximum Gasteiger partial charge on any atom is 0.335 e. The van der Waals surface area contributed by atoms with Crippen molar-refractivity contribution >= 4 is 72.4 Å². The summed E-state index contributed by atoms with van der Waals surface area (Å²) in [4.78, 5) is 30.1. The van der Waals surface area contributed by atoms with Crippen molar-refractivity contribution in [2.24, 2.45) is 4.99 Å². The van der Waals surface area contributed by atoms with Crippen molar-refractivity contribution in [2.75, 3.05) is 13.7 Å². The number of amides is 1. The van der Waals surface area contributed by atoms with Crippen LogP contribution in [0.2, 0.25) is 0 Å². The first kappa shape index (κ1) is 22.3. The highest BCUT2D eigenvalue weighted by Gasteiger charge is 2.30. The lowest BCUT2D eigenvalue weighted by Crippen LogP contribution is -2.23. The molecule has 0 unspecified atom stereocenters. The Morgan fingerprint density at radius 2 is 1.90 bits per heavy atom. The van der Waals surface area contributed by atoms with E-state index in [4.69, 9.17) is 9.84 Å². The Labute approximate surface area is 194 Å². The Balaban J connectivity index is 1.86. The number of carbonyl (C=O) groups excluding carboxylic acids is 1. The van der Waals surface area contributed by atoms with Crippen LogP contribution in [0, 0.1) is 0 Å². The third-order valence-electron chi connectivity index (χ3n) is 4.01. The van der Waals surface area contributed by atoms with Crippen LogP contribution in [0.25, 0.3) is 6.08 Å². The molecule has 3 rings (SSSR count). The summed E-state index contributed by atoms with van der Waals surface area (Å²) in [6, 6.07) is 9.89. The SMILES string of the molecule is C=CCOc1c(Br)cc(/C=C2\SC(=Nc3ccc(C(=O)O)cc3)N(C)C2=O)cc1Br. The summed E-state index contributed by atoms with van der Waals surface area (Å²) < 4.78 is 7.12. The van der Waals surface area contributed by atoms with Gasteiger partial charge in [-0.3, -0.25) is 9.69 Å². The predicted molar refractivity (Wildman–Crippen MR) is 126 cm³/mol. The average Bonchev–Trinajstić information content (AvgIpc) is 2.95.